The quantitative estimate of drug-likeness (QED) is 0.369. The fourth-order valence-electron chi connectivity index (χ4n) is 3.30. The zero-order chi connectivity index (χ0) is 14.5. The molecule has 0 amide bonds. The number of hydrogen-bond acceptors (Lipinski definition) is 2. The molecule has 2 heterocycles. The van der Waals surface area contributed by atoms with E-state index in [0.29, 0.717) is 0 Å². The van der Waals surface area contributed by atoms with Crippen LogP contribution < -0.4 is 0 Å². The predicted octanol–water partition coefficient (Wildman–Crippen LogP) is 5.09. The lowest BCUT2D eigenvalue weighted by atomic mass is 9.98. The van der Waals surface area contributed by atoms with Crippen LogP contribution in [0.4, 0.5) is 0 Å². The first-order chi connectivity index (χ1) is 10.9. The molecule has 0 unspecified atom stereocenters. The van der Waals surface area contributed by atoms with E-state index >= 15 is 0 Å². The lowest BCUT2D eigenvalue weighted by Crippen LogP contribution is -1.87. The average molecular weight is 280 g/mol. The molecule has 0 N–H and O–H groups in total. The Hall–Kier alpha value is -3.00. The van der Waals surface area contributed by atoms with Crippen LogP contribution in [0.3, 0.4) is 0 Å². The van der Waals surface area contributed by atoms with Gasteiger partial charge in [0.25, 0.3) is 0 Å². The Morgan fingerprint density at radius 2 is 1.23 bits per heavy atom. The van der Waals surface area contributed by atoms with Crippen molar-refractivity contribution in [1.82, 2.24) is 9.97 Å². The third-order valence-corrected chi connectivity index (χ3v) is 4.30. The van der Waals surface area contributed by atoms with Crippen molar-refractivity contribution in [2.75, 3.05) is 0 Å². The van der Waals surface area contributed by atoms with E-state index in [1.165, 1.54) is 26.9 Å². The Balaban J connectivity index is 2.19. The monoisotopic (exact) mass is 280 g/mol. The summed E-state index contributed by atoms with van der Waals surface area (Å²) in [7, 11) is 0. The van der Waals surface area contributed by atoms with E-state index in [2.05, 4.69) is 64.6 Å². The predicted molar refractivity (Wildman–Crippen MR) is 92.1 cm³/mol. The van der Waals surface area contributed by atoms with Gasteiger partial charge in [-0.3, -0.25) is 9.97 Å². The second kappa shape index (κ2) is 4.25. The summed E-state index contributed by atoms with van der Waals surface area (Å²) in [4.78, 5) is 9.22. The first-order valence-corrected chi connectivity index (χ1v) is 7.36. The maximum atomic E-state index is 4.65. The van der Waals surface area contributed by atoms with Crippen LogP contribution in [0.25, 0.3) is 43.4 Å². The summed E-state index contributed by atoms with van der Waals surface area (Å²) < 4.78 is 0. The SMILES string of the molecule is c1ccc2c(c1)cnc1ccc3cnc4ccccc4c3c12. The van der Waals surface area contributed by atoms with Crippen molar-refractivity contribution in [3.05, 3.63) is 73.1 Å². The Morgan fingerprint density at radius 3 is 2.18 bits per heavy atom. The second-order valence-corrected chi connectivity index (χ2v) is 5.54. The van der Waals surface area contributed by atoms with Crippen molar-refractivity contribution in [3.8, 4) is 0 Å². The van der Waals surface area contributed by atoms with Crippen molar-refractivity contribution < 1.29 is 0 Å². The topological polar surface area (TPSA) is 25.8 Å². The summed E-state index contributed by atoms with van der Waals surface area (Å²) >= 11 is 0. The van der Waals surface area contributed by atoms with E-state index < -0.39 is 0 Å². The van der Waals surface area contributed by atoms with Gasteiger partial charge in [-0.2, -0.15) is 0 Å². The smallest absolute Gasteiger partial charge is 0.0715 e. The van der Waals surface area contributed by atoms with Gasteiger partial charge in [0.2, 0.25) is 0 Å². The van der Waals surface area contributed by atoms with Crippen molar-refractivity contribution in [1.29, 1.82) is 0 Å². The lowest BCUT2D eigenvalue weighted by molar-refractivity contribution is 1.43. The average Bonchev–Trinajstić information content (AvgIpc) is 2.60. The Bertz CT molecular complexity index is 1070. The van der Waals surface area contributed by atoms with E-state index in [-0.39, 0.29) is 0 Å². The van der Waals surface area contributed by atoms with Gasteiger partial charge < -0.3 is 0 Å². The zero-order valence-electron chi connectivity index (χ0n) is 11.8. The molecule has 0 spiro atoms. The molecule has 0 atom stereocenters. The molecule has 0 aliphatic carbocycles. The second-order valence-electron chi connectivity index (χ2n) is 5.54. The molecule has 102 valence electrons. The maximum Gasteiger partial charge on any atom is 0.0715 e. The summed E-state index contributed by atoms with van der Waals surface area (Å²) in [6.07, 6.45) is 3.91. The molecule has 0 radical (unpaired) electrons. The van der Waals surface area contributed by atoms with Crippen molar-refractivity contribution >= 4 is 43.4 Å². The molecule has 3 aromatic carbocycles. The molecule has 2 aromatic heterocycles. The summed E-state index contributed by atoms with van der Waals surface area (Å²) in [5.74, 6) is 0. The number of hydrogen-bond donors (Lipinski definition) is 0. The number of rotatable bonds is 0. The third-order valence-electron chi connectivity index (χ3n) is 4.30. The van der Waals surface area contributed by atoms with Gasteiger partial charge >= 0.3 is 0 Å². The Labute approximate surface area is 127 Å². The van der Waals surface area contributed by atoms with Crippen molar-refractivity contribution in [3.63, 3.8) is 0 Å². The first kappa shape index (κ1) is 11.6. The number of pyridine rings is 2. The van der Waals surface area contributed by atoms with Crippen LogP contribution in [0.2, 0.25) is 0 Å². The van der Waals surface area contributed by atoms with E-state index in [1.807, 2.05) is 18.5 Å². The largest absolute Gasteiger partial charge is 0.256 e. The van der Waals surface area contributed by atoms with E-state index in [1.54, 1.807) is 0 Å². The first-order valence-electron chi connectivity index (χ1n) is 7.36. The molecule has 2 heteroatoms. The molecule has 22 heavy (non-hydrogen) atoms. The normalized spacial score (nSPS) is 11.6. The van der Waals surface area contributed by atoms with Crippen LogP contribution >= 0.6 is 0 Å². The van der Waals surface area contributed by atoms with Crippen LogP contribution in [0, 0.1) is 0 Å². The van der Waals surface area contributed by atoms with Gasteiger partial charge in [-0.1, -0.05) is 48.5 Å². The van der Waals surface area contributed by atoms with Gasteiger partial charge in [0.15, 0.2) is 0 Å². The minimum atomic E-state index is 1.02. The Kier molecular flexibility index (Phi) is 2.25. The molecule has 0 aliphatic rings. The molecule has 0 saturated heterocycles. The molecule has 0 fully saturated rings. The van der Waals surface area contributed by atoms with Crippen molar-refractivity contribution in [2.24, 2.45) is 0 Å². The van der Waals surface area contributed by atoms with Crippen molar-refractivity contribution in [2.45, 2.75) is 0 Å². The number of nitrogens with zero attached hydrogens (tertiary/aromatic N) is 2. The zero-order valence-corrected chi connectivity index (χ0v) is 11.8. The number of benzene rings is 3. The molecular formula is C20H12N2. The Morgan fingerprint density at radius 1 is 0.500 bits per heavy atom. The molecule has 5 aromatic rings. The van der Waals surface area contributed by atoms with Gasteiger partial charge in [0, 0.05) is 39.3 Å². The third kappa shape index (κ3) is 1.49. The summed E-state index contributed by atoms with van der Waals surface area (Å²) in [6, 6.07) is 20.9. The highest BCUT2D eigenvalue weighted by Crippen LogP contribution is 2.34. The summed E-state index contributed by atoms with van der Waals surface area (Å²) in [5, 5.41) is 7.22. The van der Waals surface area contributed by atoms with Gasteiger partial charge in [0.05, 0.1) is 11.0 Å². The van der Waals surface area contributed by atoms with Gasteiger partial charge in [-0.25, -0.2) is 0 Å². The van der Waals surface area contributed by atoms with Crippen LogP contribution in [-0.4, -0.2) is 9.97 Å². The van der Waals surface area contributed by atoms with Gasteiger partial charge in [-0.15, -0.1) is 0 Å². The minimum Gasteiger partial charge on any atom is -0.256 e. The molecule has 0 aliphatic heterocycles. The highest BCUT2D eigenvalue weighted by atomic mass is 14.7. The van der Waals surface area contributed by atoms with Gasteiger partial charge in [-0.05, 0) is 17.5 Å². The van der Waals surface area contributed by atoms with Crippen LogP contribution in [0.1, 0.15) is 0 Å². The number of para-hydroxylation sites is 1. The van der Waals surface area contributed by atoms with E-state index in [4.69, 9.17) is 0 Å². The lowest BCUT2D eigenvalue weighted by Gasteiger charge is -2.09. The van der Waals surface area contributed by atoms with E-state index in [9.17, 15) is 0 Å². The molecule has 0 bridgehead atoms. The van der Waals surface area contributed by atoms with Crippen LogP contribution in [-0.2, 0) is 0 Å². The number of fused-ring (bicyclic) bond motifs is 7. The molecule has 0 saturated carbocycles. The highest BCUT2D eigenvalue weighted by molar-refractivity contribution is 6.25. The minimum absolute atomic E-state index is 1.02. The molecular weight excluding hydrogens is 268 g/mol. The van der Waals surface area contributed by atoms with Gasteiger partial charge in [0.1, 0.15) is 0 Å². The van der Waals surface area contributed by atoms with E-state index in [0.717, 1.165) is 16.4 Å². The highest BCUT2D eigenvalue weighted by Gasteiger charge is 2.09. The standard InChI is InChI=1S/C20H12N2/c1-2-6-15-13(5-1)11-22-18-10-9-14-12-21-17-8-4-3-7-16(17)19(14)20(15)18/h1-12H. The van der Waals surface area contributed by atoms with Crippen LogP contribution in [0.15, 0.2) is 73.1 Å². The molecule has 2 nitrogen and oxygen atoms in total. The number of aromatic nitrogens is 2. The summed E-state index contributed by atoms with van der Waals surface area (Å²) in [5.41, 5.74) is 2.05. The maximum absolute atomic E-state index is 4.65. The fraction of sp³-hybridized carbons (Fsp3) is 0. The fourth-order valence-corrected chi connectivity index (χ4v) is 3.30. The summed E-state index contributed by atoms with van der Waals surface area (Å²) in [6.45, 7) is 0. The molecule has 5 rings (SSSR count). The van der Waals surface area contributed by atoms with Crippen LogP contribution in [0.5, 0.6) is 0 Å².